The van der Waals surface area contributed by atoms with Gasteiger partial charge in [0.05, 0.1) is 6.10 Å². The lowest BCUT2D eigenvalue weighted by Crippen LogP contribution is -2.27. The molecule has 1 amide bonds. The van der Waals surface area contributed by atoms with Crippen molar-refractivity contribution >= 4 is 11.8 Å². The minimum atomic E-state index is -0.680. The number of benzene rings is 1. The monoisotopic (exact) mass is 252 g/mol. The van der Waals surface area contributed by atoms with Crippen LogP contribution in [0.2, 0.25) is 0 Å². The molecule has 100 valence electrons. The van der Waals surface area contributed by atoms with Crippen molar-refractivity contribution in [2.24, 2.45) is 5.73 Å². The highest BCUT2D eigenvalue weighted by Gasteiger charge is 2.16. The first kappa shape index (κ1) is 14.5. The van der Waals surface area contributed by atoms with Crippen molar-refractivity contribution in [3.05, 3.63) is 29.8 Å². The summed E-state index contributed by atoms with van der Waals surface area (Å²) in [4.78, 5) is 11.5. The van der Waals surface area contributed by atoms with Crippen LogP contribution < -0.4 is 11.1 Å². The second-order valence-corrected chi connectivity index (χ2v) is 5.00. The van der Waals surface area contributed by atoms with Crippen molar-refractivity contribution in [2.75, 3.05) is 11.9 Å². The summed E-state index contributed by atoms with van der Waals surface area (Å²) in [5.74, 6) is 0. The van der Waals surface area contributed by atoms with Gasteiger partial charge < -0.3 is 15.6 Å². The summed E-state index contributed by atoms with van der Waals surface area (Å²) in [7, 11) is 0. The van der Waals surface area contributed by atoms with Crippen LogP contribution in [0, 0.1) is 0 Å². The van der Waals surface area contributed by atoms with Gasteiger partial charge in [-0.1, -0.05) is 12.1 Å². The van der Waals surface area contributed by atoms with E-state index in [1.54, 1.807) is 45.0 Å². The lowest BCUT2D eigenvalue weighted by molar-refractivity contribution is 0.0636. The predicted octanol–water partition coefficient (Wildman–Crippen LogP) is 2.03. The van der Waals surface area contributed by atoms with Crippen molar-refractivity contribution in [2.45, 2.75) is 32.5 Å². The van der Waals surface area contributed by atoms with Crippen molar-refractivity contribution in [1.29, 1.82) is 0 Å². The third kappa shape index (κ3) is 4.73. The number of nitrogens with one attached hydrogen (secondary N) is 1. The van der Waals surface area contributed by atoms with E-state index in [0.29, 0.717) is 11.3 Å². The molecule has 1 aromatic carbocycles. The average molecular weight is 252 g/mol. The molecule has 0 saturated carbocycles. The third-order valence-electron chi connectivity index (χ3n) is 2.16. The number of aliphatic hydroxyl groups is 1. The Labute approximate surface area is 107 Å². The molecule has 18 heavy (non-hydrogen) atoms. The van der Waals surface area contributed by atoms with Crippen molar-refractivity contribution in [3.8, 4) is 0 Å². The smallest absolute Gasteiger partial charge is 0.412 e. The molecule has 5 heteroatoms. The SMILES string of the molecule is CC(C)(C)OC(=O)Nc1ccc([C@H](O)CN)cc1. The number of nitrogens with two attached hydrogens (primary N) is 1. The van der Waals surface area contributed by atoms with Crippen LogP contribution in [-0.4, -0.2) is 23.3 Å². The molecule has 0 fully saturated rings. The third-order valence-corrected chi connectivity index (χ3v) is 2.16. The maximum atomic E-state index is 11.5. The molecule has 5 nitrogen and oxygen atoms in total. The molecule has 1 rings (SSSR count). The van der Waals surface area contributed by atoms with Crippen LogP contribution in [0.15, 0.2) is 24.3 Å². The van der Waals surface area contributed by atoms with Crippen LogP contribution in [0.3, 0.4) is 0 Å². The predicted molar refractivity (Wildman–Crippen MR) is 70.3 cm³/mol. The lowest BCUT2D eigenvalue weighted by Gasteiger charge is -2.19. The van der Waals surface area contributed by atoms with Gasteiger partial charge >= 0.3 is 6.09 Å². The van der Waals surface area contributed by atoms with E-state index in [1.807, 2.05) is 0 Å². The molecule has 1 atom stereocenters. The first-order valence-electron chi connectivity index (χ1n) is 5.80. The van der Waals surface area contributed by atoms with Gasteiger partial charge in [0.15, 0.2) is 0 Å². The van der Waals surface area contributed by atoms with E-state index >= 15 is 0 Å². The number of ether oxygens (including phenoxy) is 1. The van der Waals surface area contributed by atoms with Gasteiger partial charge in [0.25, 0.3) is 0 Å². The van der Waals surface area contributed by atoms with Crippen LogP contribution in [0.25, 0.3) is 0 Å². The average Bonchev–Trinajstić information content (AvgIpc) is 2.26. The molecule has 0 heterocycles. The fraction of sp³-hybridized carbons (Fsp3) is 0.462. The maximum absolute atomic E-state index is 11.5. The largest absolute Gasteiger partial charge is 0.444 e. The summed E-state index contributed by atoms with van der Waals surface area (Å²) in [6.07, 6.45) is -1.19. The number of aliphatic hydroxyl groups excluding tert-OH is 1. The van der Waals surface area contributed by atoms with Crippen LogP contribution >= 0.6 is 0 Å². The summed E-state index contributed by atoms with van der Waals surface area (Å²) < 4.78 is 5.12. The molecular formula is C13H20N2O3. The van der Waals surface area contributed by atoms with Gasteiger partial charge in [0.2, 0.25) is 0 Å². The fourth-order valence-electron chi connectivity index (χ4n) is 1.35. The van der Waals surface area contributed by atoms with Gasteiger partial charge in [-0.25, -0.2) is 4.79 Å². The number of carbonyl (C=O) groups is 1. The Kier molecular flexibility index (Phi) is 4.69. The zero-order valence-electron chi connectivity index (χ0n) is 10.9. The zero-order valence-corrected chi connectivity index (χ0v) is 10.9. The molecular weight excluding hydrogens is 232 g/mol. The highest BCUT2D eigenvalue weighted by molar-refractivity contribution is 5.84. The van der Waals surface area contributed by atoms with Gasteiger partial charge in [-0.15, -0.1) is 0 Å². The highest BCUT2D eigenvalue weighted by Crippen LogP contribution is 2.16. The molecule has 0 aliphatic rings. The number of amides is 1. The second-order valence-electron chi connectivity index (χ2n) is 5.00. The molecule has 0 aromatic heterocycles. The number of rotatable bonds is 3. The van der Waals surface area contributed by atoms with E-state index in [-0.39, 0.29) is 6.54 Å². The zero-order chi connectivity index (χ0) is 13.8. The summed E-state index contributed by atoms with van der Waals surface area (Å²) in [6, 6.07) is 6.81. The highest BCUT2D eigenvalue weighted by atomic mass is 16.6. The van der Waals surface area contributed by atoms with Crippen molar-refractivity contribution in [3.63, 3.8) is 0 Å². The number of carbonyl (C=O) groups excluding carboxylic acids is 1. The first-order chi connectivity index (χ1) is 8.31. The van der Waals surface area contributed by atoms with Gasteiger partial charge in [0, 0.05) is 12.2 Å². The molecule has 4 N–H and O–H groups in total. The first-order valence-corrected chi connectivity index (χ1v) is 5.80. The maximum Gasteiger partial charge on any atom is 0.412 e. The van der Waals surface area contributed by atoms with E-state index < -0.39 is 17.8 Å². The fourth-order valence-corrected chi connectivity index (χ4v) is 1.35. The summed E-state index contributed by atoms with van der Waals surface area (Å²) in [6.45, 7) is 5.56. The molecule has 0 saturated heterocycles. The standard InChI is InChI=1S/C13H20N2O3/c1-13(2,3)18-12(17)15-10-6-4-9(5-7-10)11(16)8-14/h4-7,11,16H,8,14H2,1-3H3,(H,15,17)/t11-/m1/s1. The summed E-state index contributed by atoms with van der Waals surface area (Å²) in [5.41, 5.74) is 6.15. The van der Waals surface area contributed by atoms with Gasteiger partial charge in [-0.05, 0) is 38.5 Å². The number of hydrogen-bond acceptors (Lipinski definition) is 4. The Morgan fingerprint density at radius 3 is 2.39 bits per heavy atom. The molecule has 0 aliphatic carbocycles. The second kappa shape index (κ2) is 5.84. The van der Waals surface area contributed by atoms with Gasteiger partial charge in [-0.3, -0.25) is 5.32 Å². The van der Waals surface area contributed by atoms with Crippen LogP contribution in [-0.2, 0) is 4.74 Å². The Hall–Kier alpha value is -1.59. The number of anilines is 1. The minimum Gasteiger partial charge on any atom is -0.444 e. The summed E-state index contributed by atoms with van der Waals surface area (Å²) >= 11 is 0. The minimum absolute atomic E-state index is 0.166. The van der Waals surface area contributed by atoms with Crippen LogP contribution in [0.5, 0.6) is 0 Å². The topological polar surface area (TPSA) is 84.6 Å². The van der Waals surface area contributed by atoms with Gasteiger partial charge in [-0.2, -0.15) is 0 Å². The van der Waals surface area contributed by atoms with E-state index in [0.717, 1.165) is 0 Å². The van der Waals surface area contributed by atoms with Crippen LogP contribution in [0.4, 0.5) is 10.5 Å². The van der Waals surface area contributed by atoms with Crippen LogP contribution in [0.1, 0.15) is 32.4 Å². The quantitative estimate of drug-likeness (QED) is 0.768. The molecule has 0 bridgehead atoms. The van der Waals surface area contributed by atoms with Crippen molar-refractivity contribution < 1.29 is 14.6 Å². The summed E-state index contributed by atoms with van der Waals surface area (Å²) in [5, 5.41) is 12.1. The Bertz CT molecular complexity index is 396. The van der Waals surface area contributed by atoms with E-state index in [4.69, 9.17) is 10.5 Å². The Morgan fingerprint density at radius 2 is 1.94 bits per heavy atom. The van der Waals surface area contributed by atoms with E-state index in [1.165, 1.54) is 0 Å². The molecule has 0 unspecified atom stereocenters. The molecule has 0 radical (unpaired) electrons. The molecule has 0 aliphatic heterocycles. The lowest BCUT2D eigenvalue weighted by atomic mass is 10.1. The molecule has 0 spiro atoms. The van der Waals surface area contributed by atoms with Gasteiger partial charge in [0.1, 0.15) is 5.60 Å². The molecule has 1 aromatic rings. The Balaban J connectivity index is 2.61. The number of hydrogen-bond donors (Lipinski definition) is 3. The Morgan fingerprint density at radius 1 is 1.39 bits per heavy atom. The van der Waals surface area contributed by atoms with E-state index in [9.17, 15) is 9.90 Å². The normalized spacial score (nSPS) is 12.9. The van der Waals surface area contributed by atoms with Crippen molar-refractivity contribution in [1.82, 2.24) is 0 Å². The van der Waals surface area contributed by atoms with E-state index in [2.05, 4.69) is 5.32 Å².